The van der Waals surface area contributed by atoms with Gasteiger partial charge in [-0.25, -0.2) is 9.97 Å². The van der Waals surface area contributed by atoms with Gasteiger partial charge in [0.15, 0.2) is 11.6 Å². The van der Waals surface area contributed by atoms with Gasteiger partial charge >= 0.3 is 0 Å². The summed E-state index contributed by atoms with van der Waals surface area (Å²) in [6.07, 6.45) is 1.54. The Balaban J connectivity index is 1.58. The fourth-order valence-corrected chi connectivity index (χ4v) is 3.65. The van der Waals surface area contributed by atoms with E-state index in [-0.39, 0.29) is 5.91 Å². The first-order valence-electron chi connectivity index (χ1n) is 9.94. The van der Waals surface area contributed by atoms with Gasteiger partial charge < -0.3 is 24.4 Å². The standard InChI is InChI=1S/C21H26N4O4/c1-27-12-9-22-20(26)17-15-18(24-19(23-17)16-5-3-2-4-6-16)25-10-7-21(8-11-25)28-13-14-29-21/h2-6,15H,7-14H2,1H3,(H,22,26). The second kappa shape index (κ2) is 8.86. The van der Waals surface area contributed by atoms with Crippen LogP contribution in [0.15, 0.2) is 36.4 Å². The van der Waals surface area contributed by atoms with Gasteiger partial charge in [0.05, 0.1) is 19.8 Å². The average molecular weight is 398 g/mol. The molecule has 1 amide bonds. The molecular weight excluding hydrogens is 372 g/mol. The van der Waals surface area contributed by atoms with E-state index in [1.54, 1.807) is 13.2 Å². The van der Waals surface area contributed by atoms with E-state index < -0.39 is 5.79 Å². The molecule has 1 aromatic carbocycles. The number of amides is 1. The predicted octanol–water partition coefficient (Wildman–Crippen LogP) is 1.86. The number of carbonyl (C=O) groups is 1. The van der Waals surface area contributed by atoms with Crippen molar-refractivity contribution in [3.63, 3.8) is 0 Å². The van der Waals surface area contributed by atoms with Gasteiger partial charge in [0.25, 0.3) is 5.91 Å². The van der Waals surface area contributed by atoms with E-state index in [0.717, 1.165) is 37.3 Å². The SMILES string of the molecule is COCCNC(=O)c1cc(N2CCC3(CC2)OCCO3)nc(-c2ccccc2)n1. The maximum Gasteiger partial charge on any atom is 0.270 e. The highest BCUT2D eigenvalue weighted by Crippen LogP contribution is 2.33. The highest BCUT2D eigenvalue weighted by atomic mass is 16.7. The molecule has 2 aromatic rings. The van der Waals surface area contributed by atoms with Crippen molar-refractivity contribution < 1.29 is 19.0 Å². The topological polar surface area (TPSA) is 85.8 Å². The molecule has 2 fully saturated rings. The van der Waals surface area contributed by atoms with Crippen LogP contribution in [0, 0.1) is 0 Å². The summed E-state index contributed by atoms with van der Waals surface area (Å²) in [5.41, 5.74) is 1.22. The summed E-state index contributed by atoms with van der Waals surface area (Å²) in [6.45, 7) is 3.67. The number of ether oxygens (including phenoxy) is 3. The molecule has 154 valence electrons. The van der Waals surface area contributed by atoms with Crippen molar-refractivity contribution >= 4 is 11.7 Å². The van der Waals surface area contributed by atoms with Crippen LogP contribution in [0.3, 0.4) is 0 Å². The molecule has 0 unspecified atom stereocenters. The summed E-state index contributed by atoms with van der Waals surface area (Å²) in [7, 11) is 1.60. The Morgan fingerprint density at radius 1 is 1.17 bits per heavy atom. The Morgan fingerprint density at radius 2 is 1.90 bits per heavy atom. The summed E-state index contributed by atoms with van der Waals surface area (Å²) >= 11 is 0. The third-order valence-electron chi connectivity index (χ3n) is 5.23. The van der Waals surface area contributed by atoms with Crippen LogP contribution in [-0.4, -0.2) is 68.2 Å². The molecule has 1 spiro atoms. The van der Waals surface area contributed by atoms with Crippen LogP contribution >= 0.6 is 0 Å². The smallest absolute Gasteiger partial charge is 0.270 e. The second-order valence-electron chi connectivity index (χ2n) is 7.14. The first kappa shape index (κ1) is 19.8. The number of hydrogen-bond donors (Lipinski definition) is 1. The Labute approximate surface area is 170 Å². The Kier molecular flexibility index (Phi) is 6.03. The van der Waals surface area contributed by atoms with Crippen LogP contribution in [0.5, 0.6) is 0 Å². The van der Waals surface area contributed by atoms with E-state index in [2.05, 4.69) is 15.2 Å². The van der Waals surface area contributed by atoms with Crippen molar-refractivity contribution in [3.05, 3.63) is 42.1 Å². The number of anilines is 1. The van der Waals surface area contributed by atoms with Crippen LogP contribution in [-0.2, 0) is 14.2 Å². The third kappa shape index (κ3) is 4.55. The lowest BCUT2D eigenvalue weighted by Gasteiger charge is -2.38. The van der Waals surface area contributed by atoms with Crippen LogP contribution < -0.4 is 10.2 Å². The first-order chi connectivity index (χ1) is 14.2. The lowest BCUT2D eigenvalue weighted by molar-refractivity contribution is -0.169. The maximum absolute atomic E-state index is 12.6. The van der Waals surface area contributed by atoms with Crippen molar-refractivity contribution in [1.29, 1.82) is 0 Å². The van der Waals surface area contributed by atoms with Gasteiger partial charge in [-0.15, -0.1) is 0 Å². The molecule has 29 heavy (non-hydrogen) atoms. The number of aromatic nitrogens is 2. The lowest BCUT2D eigenvalue weighted by Crippen LogP contribution is -2.45. The van der Waals surface area contributed by atoms with Crippen molar-refractivity contribution in [3.8, 4) is 11.4 Å². The van der Waals surface area contributed by atoms with Gasteiger partial charge in [0.1, 0.15) is 11.5 Å². The van der Waals surface area contributed by atoms with Gasteiger partial charge in [0, 0.05) is 51.2 Å². The Hall–Kier alpha value is -2.55. The van der Waals surface area contributed by atoms with Crippen LogP contribution in [0.1, 0.15) is 23.3 Å². The largest absolute Gasteiger partial charge is 0.383 e. The zero-order valence-corrected chi connectivity index (χ0v) is 16.6. The summed E-state index contributed by atoms with van der Waals surface area (Å²) in [6, 6.07) is 11.4. The average Bonchev–Trinajstić information content (AvgIpc) is 3.22. The van der Waals surface area contributed by atoms with Gasteiger partial charge in [-0.05, 0) is 0 Å². The van der Waals surface area contributed by atoms with Crippen molar-refractivity contribution in [2.75, 3.05) is 51.5 Å². The fraction of sp³-hybridized carbons (Fsp3) is 0.476. The molecule has 3 heterocycles. The molecule has 0 aliphatic carbocycles. The Morgan fingerprint density at radius 3 is 2.59 bits per heavy atom. The number of carbonyl (C=O) groups excluding carboxylic acids is 1. The van der Waals surface area contributed by atoms with Gasteiger partial charge in [-0.1, -0.05) is 30.3 Å². The zero-order valence-electron chi connectivity index (χ0n) is 16.6. The van der Waals surface area contributed by atoms with Crippen molar-refractivity contribution in [2.24, 2.45) is 0 Å². The molecule has 2 aliphatic rings. The lowest BCUT2D eigenvalue weighted by atomic mass is 10.0. The highest BCUT2D eigenvalue weighted by Gasteiger charge is 2.40. The molecule has 0 radical (unpaired) electrons. The summed E-state index contributed by atoms with van der Waals surface area (Å²) in [5.74, 6) is 0.586. The highest BCUT2D eigenvalue weighted by molar-refractivity contribution is 5.93. The molecule has 0 bridgehead atoms. The molecule has 8 nitrogen and oxygen atoms in total. The number of piperidine rings is 1. The quantitative estimate of drug-likeness (QED) is 0.744. The molecule has 0 saturated carbocycles. The molecule has 2 aliphatic heterocycles. The van der Waals surface area contributed by atoms with E-state index in [1.807, 2.05) is 30.3 Å². The zero-order chi connectivity index (χ0) is 20.1. The van der Waals surface area contributed by atoms with E-state index in [0.29, 0.717) is 37.9 Å². The van der Waals surface area contributed by atoms with E-state index >= 15 is 0 Å². The molecular formula is C21H26N4O4. The van der Waals surface area contributed by atoms with Crippen LogP contribution in [0.4, 0.5) is 5.82 Å². The minimum Gasteiger partial charge on any atom is -0.383 e. The molecule has 2 saturated heterocycles. The monoisotopic (exact) mass is 398 g/mol. The summed E-state index contributed by atoms with van der Waals surface area (Å²) in [5, 5.41) is 2.84. The van der Waals surface area contributed by atoms with Gasteiger partial charge in [-0.3, -0.25) is 4.79 Å². The number of benzene rings is 1. The Bertz CT molecular complexity index is 830. The number of hydrogen-bond acceptors (Lipinski definition) is 7. The minimum absolute atomic E-state index is 0.237. The number of rotatable bonds is 6. The number of nitrogens with zero attached hydrogens (tertiary/aromatic N) is 3. The number of methoxy groups -OCH3 is 1. The normalized spacial score (nSPS) is 18.2. The summed E-state index contributed by atoms with van der Waals surface area (Å²) < 4.78 is 16.6. The van der Waals surface area contributed by atoms with Crippen molar-refractivity contribution in [2.45, 2.75) is 18.6 Å². The minimum atomic E-state index is -0.452. The fourth-order valence-electron chi connectivity index (χ4n) is 3.65. The molecule has 1 N–H and O–H groups in total. The maximum atomic E-state index is 12.6. The van der Waals surface area contributed by atoms with E-state index in [9.17, 15) is 4.79 Å². The van der Waals surface area contributed by atoms with E-state index in [4.69, 9.17) is 19.2 Å². The van der Waals surface area contributed by atoms with Crippen LogP contribution in [0.2, 0.25) is 0 Å². The molecule has 4 rings (SSSR count). The van der Waals surface area contributed by atoms with Gasteiger partial charge in [0.2, 0.25) is 0 Å². The van der Waals surface area contributed by atoms with Crippen molar-refractivity contribution in [1.82, 2.24) is 15.3 Å². The first-order valence-corrected chi connectivity index (χ1v) is 9.94. The molecule has 8 heteroatoms. The molecule has 0 atom stereocenters. The number of nitrogens with one attached hydrogen (secondary N) is 1. The third-order valence-corrected chi connectivity index (χ3v) is 5.23. The second-order valence-corrected chi connectivity index (χ2v) is 7.14. The summed E-state index contributed by atoms with van der Waals surface area (Å²) in [4.78, 5) is 24.0. The molecule has 1 aromatic heterocycles. The van der Waals surface area contributed by atoms with Gasteiger partial charge in [-0.2, -0.15) is 0 Å². The predicted molar refractivity (Wildman–Crippen MR) is 108 cm³/mol. The van der Waals surface area contributed by atoms with Crippen LogP contribution in [0.25, 0.3) is 11.4 Å². The van der Waals surface area contributed by atoms with E-state index in [1.165, 1.54) is 0 Å².